The molecule has 0 aliphatic carbocycles. The van der Waals surface area contributed by atoms with Crippen molar-refractivity contribution in [2.24, 2.45) is 5.73 Å². The van der Waals surface area contributed by atoms with Crippen molar-refractivity contribution >= 4 is 23.4 Å². The molecule has 0 aromatic heterocycles. The van der Waals surface area contributed by atoms with E-state index in [1.54, 1.807) is 29.2 Å². The smallest absolute Gasteiger partial charge is 0.256 e. The van der Waals surface area contributed by atoms with Crippen molar-refractivity contribution < 1.29 is 9.59 Å². The molecule has 0 atom stereocenters. The summed E-state index contributed by atoms with van der Waals surface area (Å²) in [5.41, 5.74) is 5.68. The number of halogens is 1. The molecule has 0 unspecified atom stereocenters. The van der Waals surface area contributed by atoms with Crippen LogP contribution < -0.4 is 11.1 Å². The highest BCUT2D eigenvalue weighted by atomic mass is 35.5. The standard InChI is InChI=1S/C14H18ClN3O2/c15-12-4-2-1-3-11(12)14(20)18(9-13(16)19)10-5-7-17-8-6-10/h1-4,10,17H,5-9H2,(H2,16,19). The second-order valence-corrected chi connectivity index (χ2v) is 5.27. The van der Waals surface area contributed by atoms with Crippen LogP contribution in [0.2, 0.25) is 5.02 Å². The average molecular weight is 296 g/mol. The van der Waals surface area contributed by atoms with Gasteiger partial charge in [-0.25, -0.2) is 0 Å². The van der Waals surface area contributed by atoms with Crippen LogP contribution in [0.15, 0.2) is 24.3 Å². The minimum absolute atomic E-state index is 0.0209. The number of benzene rings is 1. The monoisotopic (exact) mass is 295 g/mol. The third-order valence-electron chi connectivity index (χ3n) is 3.44. The van der Waals surface area contributed by atoms with Gasteiger partial charge in [-0.3, -0.25) is 9.59 Å². The van der Waals surface area contributed by atoms with Crippen LogP contribution in [-0.2, 0) is 4.79 Å². The number of nitrogens with two attached hydrogens (primary N) is 1. The number of nitrogens with zero attached hydrogens (tertiary/aromatic N) is 1. The molecule has 1 saturated heterocycles. The number of hydrogen-bond acceptors (Lipinski definition) is 3. The Morgan fingerprint density at radius 2 is 1.95 bits per heavy atom. The number of carbonyl (C=O) groups excluding carboxylic acids is 2. The third kappa shape index (κ3) is 3.49. The average Bonchev–Trinajstić information content (AvgIpc) is 2.45. The first kappa shape index (κ1) is 14.8. The zero-order chi connectivity index (χ0) is 14.5. The van der Waals surface area contributed by atoms with Gasteiger partial charge < -0.3 is 16.0 Å². The van der Waals surface area contributed by atoms with Crippen LogP contribution in [0.3, 0.4) is 0 Å². The van der Waals surface area contributed by atoms with E-state index in [-0.39, 0.29) is 18.5 Å². The summed E-state index contributed by atoms with van der Waals surface area (Å²) < 4.78 is 0. The molecule has 0 radical (unpaired) electrons. The predicted octanol–water partition coefficient (Wildman–Crippen LogP) is 1.02. The van der Waals surface area contributed by atoms with Gasteiger partial charge in [-0.05, 0) is 38.1 Å². The quantitative estimate of drug-likeness (QED) is 0.871. The van der Waals surface area contributed by atoms with Gasteiger partial charge in [-0.1, -0.05) is 23.7 Å². The highest BCUT2D eigenvalue weighted by Crippen LogP contribution is 2.20. The maximum absolute atomic E-state index is 12.6. The number of amides is 2. The Balaban J connectivity index is 2.23. The van der Waals surface area contributed by atoms with Gasteiger partial charge in [0.1, 0.15) is 0 Å². The highest BCUT2D eigenvalue weighted by Gasteiger charge is 2.28. The van der Waals surface area contributed by atoms with E-state index in [0.717, 1.165) is 25.9 Å². The molecule has 1 fully saturated rings. The van der Waals surface area contributed by atoms with Gasteiger partial charge in [0.2, 0.25) is 5.91 Å². The van der Waals surface area contributed by atoms with Crippen molar-refractivity contribution in [1.82, 2.24) is 10.2 Å². The summed E-state index contributed by atoms with van der Waals surface area (Å²) in [6.07, 6.45) is 1.62. The van der Waals surface area contributed by atoms with Gasteiger partial charge in [0, 0.05) is 6.04 Å². The lowest BCUT2D eigenvalue weighted by molar-refractivity contribution is -0.119. The van der Waals surface area contributed by atoms with E-state index in [9.17, 15) is 9.59 Å². The van der Waals surface area contributed by atoms with E-state index >= 15 is 0 Å². The van der Waals surface area contributed by atoms with Crippen molar-refractivity contribution in [3.8, 4) is 0 Å². The summed E-state index contributed by atoms with van der Waals surface area (Å²) in [5.74, 6) is -0.745. The van der Waals surface area contributed by atoms with E-state index in [0.29, 0.717) is 10.6 Å². The van der Waals surface area contributed by atoms with Crippen molar-refractivity contribution in [3.63, 3.8) is 0 Å². The summed E-state index contributed by atoms with van der Waals surface area (Å²) in [4.78, 5) is 25.4. The van der Waals surface area contributed by atoms with Crippen LogP contribution >= 0.6 is 11.6 Å². The molecular formula is C14H18ClN3O2. The van der Waals surface area contributed by atoms with Gasteiger partial charge >= 0.3 is 0 Å². The lowest BCUT2D eigenvalue weighted by atomic mass is 10.0. The Bertz CT molecular complexity index is 501. The van der Waals surface area contributed by atoms with E-state index in [1.807, 2.05) is 0 Å². The fraction of sp³-hybridized carbons (Fsp3) is 0.429. The molecule has 20 heavy (non-hydrogen) atoms. The molecule has 6 heteroatoms. The minimum Gasteiger partial charge on any atom is -0.368 e. The van der Waals surface area contributed by atoms with Crippen LogP contribution in [0.25, 0.3) is 0 Å². The van der Waals surface area contributed by atoms with E-state index in [4.69, 9.17) is 17.3 Å². The topological polar surface area (TPSA) is 75.4 Å². The number of piperidine rings is 1. The van der Waals surface area contributed by atoms with Crippen LogP contribution in [-0.4, -0.2) is 42.4 Å². The predicted molar refractivity (Wildman–Crippen MR) is 77.6 cm³/mol. The molecule has 2 rings (SSSR count). The maximum atomic E-state index is 12.6. The fourth-order valence-electron chi connectivity index (χ4n) is 2.44. The van der Waals surface area contributed by atoms with Gasteiger partial charge in [-0.15, -0.1) is 0 Å². The molecule has 5 nitrogen and oxygen atoms in total. The van der Waals surface area contributed by atoms with Crippen molar-refractivity contribution in [1.29, 1.82) is 0 Å². The Labute approximate surface area is 123 Å². The molecule has 1 heterocycles. The summed E-state index contributed by atoms with van der Waals surface area (Å²) in [6, 6.07) is 6.87. The molecular weight excluding hydrogens is 278 g/mol. The zero-order valence-electron chi connectivity index (χ0n) is 11.1. The lowest BCUT2D eigenvalue weighted by Crippen LogP contribution is -2.49. The molecule has 1 aromatic carbocycles. The maximum Gasteiger partial charge on any atom is 0.256 e. The Morgan fingerprint density at radius 1 is 1.30 bits per heavy atom. The Kier molecular flexibility index (Phi) is 4.98. The minimum atomic E-state index is -0.510. The van der Waals surface area contributed by atoms with E-state index < -0.39 is 5.91 Å². The largest absolute Gasteiger partial charge is 0.368 e. The van der Waals surface area contributed by atoms with Gasteiger partial charge in [0.25, 0.3) is 5.91 Å². The molecule has 0 saturated carbocycles. The van der Waals surface area contributed by atoms with Crippen molar-refractivity contribution in [2.45, 2.75) is 18.9 Å². The summed E-state index contributed by atoms with van der Waals surface area (Å²) in [6.45, 7) is 1.58. The lowest BCUT2D eigenvalue weighted by Gasteiger charge is -2.34. The molecule has 1 aliphatic rings. The van der Waals surface area contributed by atoms with Crippen LogP contribution in [0.4, 0.5) is 0 Å². The van der Waals surface area contributed by atoms with Crippen LogP contribution in [0.1, 0.15) is 23.2 Å². The number of rotatable bonds is 4. The van der Waals surface area contributed by atoms with Crippen molar-refractivity contribution in [2.75, 3.05) is 19.6 Å². The summed E-state index contributed by atoms with van der Waals surface area (Å²) >= 11 is 6.06. The number of hydrogen-bond donors (Lipinski definition) is 2. The van der Waals surface area contributed by atoms with Crippen LogP contribution in [0, 0.1) is 0 Å². The fourth-order valence-corrected chi connectivity index (χ4v) is 2.66. The van der Waals surface area contributed by atoms with Crippen LogP contribution in [0.5, 0.6) is 0 Å². The molecule has 1 aromatic rings. The van der Waals surface area contributed by atoms with E-state index in [1.165, 1.54) is 0 Å². The first-order chi connectivity index (χ1) is 9.59. The van der Waals surface area contributed by atoms with Gasteiger partial charge in [0.15, 0.2) is 0 Å². The third-order valence-corrected chi connectivity index (χ3v) is 3.77. The van der Waals surface area contributed by atoms with E-state index in [2.05, 4.69) is 5.32 Å². The molecule has 1 aliphatic heterocycles. The molecule has 0 spiro atoms. The normalized spacial score (nSPS) is 15.8. The molecule has 2 amide bonds. The highest BCUT2D eigenvalue weighted by molar-refractivity contribution is 6.33. The SMILES string of the molecule is NC(=O)CN(C(=O)c1ccccc1Cl)C1CCNCC1. The molecule has 3 N–H and O–H groups in total. The Hall–Kier alpha value is -1.59. The molecule has 0 bridgehead atoms. The van der Waals surface area contributed by atoms with Crippen molar-refractivity contribution in [3.05, 3.63) is 34.9 Å². The van der Waals surface area contributed by atoms with Gasteiger partial charge in [-0.2, -0.15) is 0 Å². The second-order valence-electron chi connectivity index (χ2n) is 4.86. The first-order valence-electron chi connectivity index (χ1n) is 6.64. The summed E-state index contributed by atoms with van der Waals surface area (Å²) in [5, 5.41) is 3.62. The second kappa shape index (κ2) is 6.72. The first-order valence-corrected chi connectivity index (χ1v) is 7.02. The zero-order valence-corrected chi connectivity index (χ0v) is 11.9. The molecule has 108 valence electrons. The van der Waals surface area contributed by atoms with Gasteiger partial charge in [0.05, 0.1) is 17.1 Å². The number of carbonyl (C=O) groups is 2. The number of primary amides is 1. The Morgan fingerprint density at radius 3 is 2.55 bits per heavy atom. The summed E-state index contributed by atoms with van der Waals surface area (Å²) in [7, 11) is 0. The number of nitrogens with one attached hydrogen (secondary N) is 1.